The summed E-state index contributed by atoms with van der Waals surface area (Å²) in [6.07, 6.45) is 2.03. The Morgan fingerprint density at radius 1 is 1.47 bits per heavy atom. The molecule has 2 heterocycles. The predicted molar refractivity (Wildman–Crippen MR) is 62.0 cm³/mol. The van der Waals surface area contributed by atoms with Crippen molar-refractivity contribution >= 4 is 5.97 Å². The first-order chi connectivity index (χ1) is 8.20. The minimum atomic E-state index is -0.832. The second-order valence-corrected chi connectivity index (χ2v) is 4.79. The molecule has 0 aromatic heterocycles. The van der Waals surface area contributed by atoms with Crippen molar-refractivity contribution in [1.29, 1.82) is 0 Å². The average molecular weight is 243 g/mol. The smallest absolute Gasteiger partial charge is 0.332 e. The minimum Gasteiger partial charge on any atom is -0.479 e. The normalized spacial score (nSPS) is 35.0. The highest BCUT2D eigenvalue weighted by Gasteiger charge is 2.33. The number of aliphatic carboxylic acids is 1. The van der Waals surface area contributed by atoms with Crippen LogP contribution < -0.4 is 0 Å². The molecule has 0 radical (unpaired) electrons. The fourth-order valence-electron chi connectivity index (χ4n) is 2.59. The Kier molecular flexibility index (Phi) is 4.36. The van der Waals surface area contributed by atoms with Crippen molar-refractivity contribution < 1.29 is 19.4 Å². The third kappa shape index (κ3) is 3.18. The summed E-state index contributed by atoms with van der Waals surface area (Å²) in [7, 11) is 0. The van der Waals surface area contributed by atoms with Crippen LogP contribution in [0.2, 0.25) is 0 Å². The van der Waals surface area contributed by atoms with Crippen LogP contribution in [-0.2, 0) is 14.3 Å². The maximum Gasteiger partial charge on any atom is 0.332 e. The third-order valence-electron chi connectivity index (χ3n) is 3.64. The summed E-state index contributed by atoms with van der Waals surface area (Å²) in [5.74, 6) is -0.832. The van der Waals surface area contributed by atoms with E-state index < -0.39 is 12.1 Å². The molecule has 5 heteroatoms. The van der Waals surface area contributed by atoms with Gasteiger partial charge in [0.05, 0.1) is 19.3 Å². The maximum absolute atomic E-state index is 10.8. The van der Waals surface area contributed by atoms with Crippen molar-refractivity contribution in [2.75, 3.05) is 26.3 Å². The van der Waals surface area contributed by atoms with Crippen LogP contribution in [0.4, 0.5) is 0 Å². The Hall–Kier alpha value is -0.650. The molecule has 2 aliphatic rings. The Morgan fingerprint density at radius 3 is 2.94 bits per heavy atom. The summed E-state index contributed by atoms with van der Waals surface area (Å²) in [6, 6.07) is 0.455. The summed E-state index contributed by atoms with van der Waals surface area (Å²) < 4.78 is 11.0. The number of carbonyl (C=O) groups is 1. The number of carboxylic acid groups (broad SMARTS) is 1. The van der Waals surface area contributed by atoms with Gasteiger partial charge in [0.2, 0.25) is 0 Å². The van der Waals surface area contributed by atoms with Gasteiger partial charge in [-0.2, -0.15) is 0 Å². The van der Waals surface area contributed by atoms with Gasteiger partial charge in [-0.3, -0.25) is 4.90 Å². The summed E-state index contributed by atoms with van der Waals surface area (Å²) in [6.45, 7) is 5.47. The topological polar surface area (TPSA) is 59.0 Å². The van der Waals surface area contributed by atoms with Gasteiger partial charge >= 0.3 is 5.97 Å². The lowest BCUT2D eigenvalue weighted by Gasteiger charge is -2.36. The molecule has 2 rings (SSSR count). The highest BCUT2D eigenvalue weighted by Crippen LogP contribution is 2.22. The molecule has 2 saturated heterocycles. The number of rotatable bonds is 4. The van der Waals surface area contributed by atoms with Crippen LogP contribution in [0.15, 0.2) is 0 Å². The molecule has 0 aromatic rings. The number of carboxylic acids is 1. The molecule has 3 unspecified atom stereocenters. The largest absolute Gasteiger partial charge is 0.479 e. The zero-order chi connectivity index (χ0) is 12.3. The first kappa shape index (κ1) is 12.8. The van der Waals surface area contributed by atoms with Crippen molar-refractivity contribution in [3.63, 3.8) is 0 Å². The standard InChI is InChI=1S/C12H21NO4/c1-2-9-8-16-6-5-13(9)7-10-3-4-11(17-10)12(14)15/h9-11H,2-8H2,1H3,(H,14,15). The molecule has 0 aliphatic carbocycles. The van der Waals surface area contributed by atoms with E-state index in [1.54, 1.807) is 0 Å². The SMILES string of the molecule is CCC1COCCN1CC1CCC(C(=O)O)O1. The Labute approximate surface area is 102 Å². The second-order valence-electron chi connectivity index (χ2n) is 4.79. The van der Waals surface area contributed by atoms with Gasteiger partial charge in [-0.15, -0.1) is 0 Å². The van der Waals surface area contributed by atoms with Crippen LogP contribution in [0.1, 0.15) is 26.2 Å². The Bertz CT molecular complexity index is 271. The van der Waals surface area contributed by atoms with Crippen molar-refractivity contribution in [1.82, 2.24) is 4.90 Å². The second kappa shape index (κ2) is 5.80. The number of ether oxygens (including phenoxy) is 2. The Balaban J connectivity index is 1.82. The fourth-order valence-corrected chi connectivity index (χ4v) is 2.59. The first-order valence-electron chi connectivity index (χ1n) is 6.40. The molecule has 98 valence electrons. The molecule has 5 nitrogen and oxygen atoms in total. The van der Waals surface area contributed by atoms with Gasteiger partial charge in [-0.25, -0.2) is 4.79 Å². The van der Waals surface area contributed by atoms with Crippen LogP contribution in [0.25, 0.3) is 0 Å². The van der Waals surface area contributed by atoms with Crippen molar-refractivity contribution in [3.05, 3.63) is 0 Å². The molecular formula is C12H21NO4. The van der Waals surface area contributed by atoms with Crippen LogP contribution >= 0.6 is 0 Å². The lowest BCUT2D eigenvalue weighted by Crippen LogP contribution is -2.48. The summed E-state index contributed by atoms with van der Waals surface area (Å²) in [5.41, 5.74) is 0. The summed E-state index contributed by atoms with van der Waals surface area (Å²) in [5, 5.41) is 8.88. The molecule has 0 spiro atoms. The number of morpholine rings is 1. The van der Waals surface area contributed by atoms with Crippen LogP contribution in [-0.4, -0.2) is 60.5 Å². The van der Waals surface area contributed by atoms with E-state index in [4.69, 9.17) is 14.6 Å². The van der Waals surface area contributed by atoms with Gasteiger partial charge in [-0.05, 0) is 19.3 Å². The lowest BCUT2D eigenvalue weighted by molar-refractivity contribution is -0.150. The first-order valence-corrected chi connectivity index (χ1v) is 6.40. The van der Waals surface area contributed by atoms with E-state index in [1.807, 2.05) is 0 Å². The van der Waals surface area contributed by atoms with E-state index in [0.29, 0.717) is 12.5 Å². The lowest BCUT2D eigenvalue weighted by atomic mass is 10.1. The van der Waals surface area contributed by atoms with Crippen LogP contribution in [0, 0.1) is 0 Å². The molecule has 17 heavy (non-hydrogen) atoms. The van der Waals surface area contributed by atoms with E-state index in [-0.39, 0.29) is 6.10 Å². The number of hydrogen-bond acceptors (Lipinski definition) is 4. The molecular weight excluding hydrogens is 222 g/mol. The summed E-state index contributed by atoms with van der Waals surface area (Å²) in [4.78, 5) is 13.2. The fraction of sp³-hybridized carbons (Fsp3) is 0.917. The Morgan fingerprint density at radius 2 is 2.29 bits per heavy atom. The van der Waals surface area contributed by atoms with Crippen LogP contribution in [0.3, 0.4) is 0 Å². The molecule has 3 atom stereocenters. The molecule has 0 bridgehead atoms. The van der Waals surface area contributed by atoms with E-state index in [0.717, 1.165) is 39.1 Å². The maximum atomic E-state index is 10.8. The monoisotopic (exact) mass is 243 g/mol. The van der Waals surface area contributed by atoms with Gasteiger partial charge in [-0.1, -0.05) is 6.92 Å². The molecule has 0 saturated carbocycles. The van der Waals surface area contributed by atoms with Crippen molar-refractivity contribution in [2.24, 2.45) is 0 Å². The van der Waals surface area contributed by atoms with Gasteiger partial charge in [0.15, 0.2) is 6.10 Å². The number of nitrogens with zero attached hydrogens (tertiary/aromatic N) is 1. The highest BCUT2D eigenvalue weighted by atomic mass is 16.5. The van der Waals surface area contributed by atoms with E-state index >= 15 is 0 Å². The predicted octanol–water partition coefficient (Wildman–Crippen LogP) is 0.729. The van der Waals surface area contributed by atoms with E-state index in [9.17, 15) is 4.79 Å². The molecule has 0 amide bonds. The van der Waals surface area contributed by atoms with Crippen molar-refractivity contribution in [3.8, 4) is 0 Å². The van der Waals surface area contributed by atoms with Gasteiger partial charge in [0, 0.05) is 19.1 Å². The minimum absolute atomic E-state index is 0.0725. The van der Waals surface area contributed by atoms with E-state index in [2.05, 4.69) is 11.8 Å². The van der Waals surface area contributed by atoms with Gasteiger partial charge < -0.3 is 14.6 Å². The zero-order valence-corrected chi connectivity index (χ0v) is 10.3. The van der Waals surface area contributed by atoms with Crippen LogP contribution in [0.5, 0.6) is 0 Å². The molecule has 0 aromatic carbocycles. The average Bonchev–Trinajstić information content (AvgIpc) is 2.78. The quantitative estimate of drug-likeness (QED) is 0.788. The molecule has 2 fully saturated rings. The molecule has 2 aliphatic heterocycles. The zero-order valence-electron chi connectivity index (χ0n) is 10.3. The van der Waals surface area contributed by atoms with Gasteiger partial charge in [0.1, 0.15) is 0 Å². The number of hydrogen-bond donors (Lipinski definition) is 1. The summed E-state index contributed by atoms with van der Waals surface area (Å²) >= 11 is 0. The van der Waals surface area contributed by atoms with Crippen molar-refractivity contribution in [2.45, 2.75) is 44.4 Å². The third-order valence-corrected chi connectivity index (χ3v) is 3.64. The van der Waals surface area contributed by atoms with Gasteiger partial charge in [0.25, 0.3) is 0 Å². The highest BCUT2D eigenvalue weighted by molar-refractivity contribution is 5.72. The van der Waals surface area contributed by atoms with E-state index in [1.165, 1.54) is 0 Å². The molecule has 1 N–H and O–H groups in total.